The van der Waals surface area contributed by atoms with E-state index in [4.69, 9.17) is 14.2 Å². The van der Waals surface area contributed by atoms with E-state index in [0.29, 0.717) is 6.54 Å². The number of hydrogen-bond donors (Lipinski definition) is 0. The van der Waals surface area contributed by atoms with Crippen LogP contribution in [0.4, 0.5) is 0 Å². The van der Waals surface area contributed by atoms with Crippen molar-refractivity contribution in [2.24, 2.45) is 4.99 Å². The van der Waals surface area contributed by atoms with Gasteiger partial charge in [-0.05, 0) is 36.2 Å². The summed E-state index contributed by atoms with van der Waals surface area (Å²) in [5.41, 5.74) is 2.15. The van der Waals surface area contributed by atoms with E-state index in [2.05, 4.69) is 4.99 Å². The van der Waals surface area contributed by atoms with Gasteiger partial charge in [0, 0.05) is 18.3 Å². The van der Waals surface area contributed by atoms with Gasteiger partial charge in [-0.3, -0.25) is 4.99 Å². The minimum Gasteiger partial charge on any atom is -0.496 e. The van der Waals surface area contributed by atoms with Gasteiger partial charge in [-0.15, -0.1) is 0 Å². The molecular weight excluding hydrogens is 278 g/mol. The average molecular weight is 299 g/mol. The molecule has 0 amide bonds. The minimum absolute atomic E-state index is 0.702. The highest BCUT2D eigenvalue weighted by Crippen LogP contribution is 2.27. The number of nitrogens with zero attached hydrogens (tertiary/aromatic N) is 1. The summed E-state index contributed by atoms with van der Waals surface area (Å²) in [7, 11) is 4.94. The lowest BCUT2D eigenvalue weighted by Crippen LogP contribution is -1.95. The molecule has 4 nitrogen and oxygen atoms in total. The Kier molecular flexibility index (Phi) is 5.83. The maximum Gasteiger partial charge on any atom is 0.160 e. The van der Waals surface area contributed by atoms with Gasteiger partial charge in [-0.2, -0.15) is 0 Å². The third kappa shape index (κ3) is 4.01. The normalized spacial score (nSPS) is 10.7. The summed E-state index contributed by atoms with van der Waals surface area (Å²) < 4.78 is 15.8. The SMILES string of the molecule is COc1ccccc1C=NCCc1ccc(OC)c(OC)c1. The van der Waals surface area contributed by atoms with Crippen LogP contribution in [0.25, 0.3) is 0 Å². The van der Waals surface area contributed by atoms with Gasteiger partial charge in [0.05, 0.1) is 21.3 Å². The maximum atomic E-state index is 5.30. The van der Waals surface area contributed by atoms with Crippen LogP contribution in [0.15, 0.2) is 47.5 Å². The molecule has 0 aliphatic rings. The highest BCUT2D eigenvalue weighted by atomic mass is 16.5. The van der Waals surface area contributed by atoms with Gasteiger partial charge in [-0.25, -0.2) is 0 Å². The van der Waals surface area contributed by atoms with Crippen molar-refractivity contribution in [1.82, 2.24) is 0 Å². The predicted octanol–water partition coefficient (Wildman–Crippen LogP) is 3.37. The molecule has 0 fully saturated rings. The van der Waals surface area contributed by atoms with Crippen LogP contribution in [0.1, 0.15) is 11.1 Å². The second-order valence-corrected chi connectivity index (χ2v) is 4.72. The molecule has 2 rings (SSSR count). The fraction of sp³-hybridized carbons (Fsp3) is 0.278. The summed E-state index contributed by atoms with van der Waals surface area (Å²) in [6.45, 7) is 0.702. The van der Waals surface area contributed by atoms with Crippen LogP contribution in [0.2, 0.25) is 0 Å². The summed E-state index contributed by atoms with van der Waals surface area (Å²) in [6, 6.07) is 13.8. The van der Waals surface area contributed by atoms with Crippen LogP contribution in [-0.2, 0) is 6.42 Å². The number of rotatable bonds is 7. The van der Waals surface area contributed by atoms with E-state index in [1.165, 1.54) is 0 Å². The highest BCUT2D eigenvalue weighted by Gasteiger charge is 2.04. The zero-order valence-electron chi connectivity index (χ0n) is 13.2. The van der Waals surface area contributed by atoms with Crippen molar-refractivity contribution in [2.45, 2.75) is 6.42 Å². The smallest absolute Gasteiger partial charge is 0.160 e. The van der Waals surface area contributed by atoms with E-state index in [9.17, 15) is 0 Å². The molecule has 0 aliphatic heterocycles. The third-order valence-corrected chi connectivity index (χ3v) is 3.35. The quantitative estimate of drug-likeness (QED) is 0.736. The zero-order chi connectivity index (χ0) is 15.8. The Morgan fingerprint density at radius 1 is 0.864 bits per heavy atom. The molecule has 2 aromatic rings. The lowest BCUT2D eigenvalue weighted by atomic mass is 10.1. The Morgan fingerprint density at radius 2 is 1.59 bits per heavy atom. The number of hydrogen-bond acceptors (Lipinski definition) is 4. The van der Waals surface area contributed by atoms with Gasteiger partial charge in [0.15, 0.2) is 11.5 Å². The van der Waals surface area contributed by atoms with Crippen LogP contribution in [-0.4, -0.2) is 34.1 Å². The predicted molar refractivity (Wildman–Crippen MR) is 88.7 cm³/mol. The van der Waals surface area contributed by atoms with Crippen LogP contribution in [0.3, 0.4) is 0 Å². The fourth-order valence-electron chi connectivity index (χ4n) is 2.17. The zero-order valence-corrected chi connectivity index (χ0v) is 13.2. The number of methoxy groups -OCH3 is 3. The van der Waals surface area contributed by atoms with Crippen molar-refractivity contribution in [3.05, 3.63) is 53.6 Å². The number of aliphatic imine (C=N–C) groups is 1. The van der Waals surface area contributed by atoms with E-state index in [0.717, 1.165) is 34.8 Å². The molecule has 22 heavy (non-hydrogen) atoms. The Labute approximate surface area is 131 Å². The maximum absolute atomic E-state index is 5.30. The average Bonchev–Trinajstić information content (AvgIpc) is 2.58. The van der Waals surface area contributed by atoms with Gasteiger partial charge in [-0.1, -0.05) is 18.2 Å². The molecule has 0 unspecified atom stereocenters. The highest BCUT2D eigenvalue weighted by molar-refractivity contribution is 5.83. The van der Waals surface area contributed by atoms with Crippen molar-refractivity contribution in [3.8, 4) is 17.2 Å². The van der Waals surface area contributed by atoms with Gasteiger partial charge < -0.3 is 14.2 Å². The van der Waals surface area contributed by atoms with Gasteiger partial charge in [0.25, 0.3) is 0 Å². The molecule has 116 valence electrons. The number of para-hydroxylation sites is 1. The summed E-state index contributed by atoms with van der Waals surface area (Å²) in [5, 5.41) is 0. The first-order valence-electron chi connectivity index (χ1n) is 7.12. The first-order valence-corrected chi connectivity index (χ1v) is 7.12. The summed E-state index contributed by atoms with van der Waals surface area (Å²) in [6.07, 6.45) is 2.69. The first-order chi connectivity index (χ1) is 10.8. The molecule has 0 aromatic heterocycles. The van der Waals surface area contributed by atoms with Crippen LogP contribution in [0.5, 0.6) is 17.2 Å². The number of ether oxygens (including phenoxy) is 3. The molecule has 0 spiro atoms. The van der Waals surface area contributed by atoms with Crippen LogP contribution < -0.4 is 14.2 Å². The molecule has 4 heteroatoms. The van der Waals surface area contributed by atoms with Crippen LogP contribution in [0, 0.1) is 0 Å². The molecule has 0 atom stereocenters. The molecule has 0 N–H and O–H groups in total. The van der Waals surface area contributed by atoms with Crippen molar-refractivity contribution in [1.29, 1.82) is 0 Å². The molecule has 2 aromatic carbocycles. The molecular formula is C18H21NO3. The van der Waals surface area contributed by atoms with Crippen molar-refractivity contribution < 1.29 is 14.2 Å². The molecule has 0 aliphatic carbocycles. The molecule has 0 radical (unpaired) electrons. The van der Waals surface area contributed by atoms with Crippen molar-refractivity contribution in [2.75, 3.05) is 27.9 Å². The first kappa shape index (κ1) is 15.9. The Bertz CT molecular complexity index is 638. The van der Waals surface area contributed by atoms with Gasteiger partial charge in [0.1, 0.15) is 5.75 Å². The van der Waals surface area contributed by atoms with Crippen molar-refractivity contribution in [3.63, 3.8) is 0 Å². The van der Waals surface area contributed by atoms with Crippen molar-refractivity contribution >= 4 is 6.21 Å². The second-order valence-electron chi connectivity index (χ2n) is 4.72. The van der Waals surface area contributed by atoms with Gasteiger partial charge in [0.2, 0.25) is 0 Å². The van der Waals surface area contributed by atoms with E-state index >= 15 is 0 Å². The van der Waals surface area contributed by atoms with E-state index in [1.807, 2.05) is 48.7 Å². The molecule has 0 saturated heterocycles. The Balaban J connectivity index is 1.97. The Hall–Kier alpha value is -2.49. The standard InChI is InChI=1S/C18H21NO3/c1-20-16-7-5-4-6-15(16)13-19-11-10-14-8-9-17(21-2)18(12-14)22-3/h4-9,12-13H,10-11H2,1-3H3. The lowest BCUT2D eigenvalue weighted by Gasteiger charge is -2.08. The third-order valence-electron chi connectivity index (χ3n) is 3.35. The van der Waals surface area contributed by atoms with E-state index < -0.39 is 0 Å². The largest absolute Gasteiger partial charge is 0.496 e. The molecule has 0 bridgehead atoms. The molecule has 0 heterocycles. The monoisotopic (exact) mass is 299 g/mol. The molecule has 0 saturated carbocycles. The van der Waals surface area contributed by atoms with Crippen LogP contribution >= 0.6 is 0 Å². The minimum atomic E-state index is 0.702. The topological polar surface area (TPSA) is 40.0 Å². The second kappa shape index (κ2) is 8.08. The summed E-state index contributed by atoms with van der Waals surface area (Å²) >= 11 is 0. The number of benzene rings is 2. The summed E-state index contributed by atoms with van der Waals surface area (Å²) in [5.74, 6) is 2.31. The fourth-order valence-corrected chi connectivity index (χ4v) is 2.17. The van der Waals surface area contributed by atoms with E-state index in [-0.39, 0.29) is 0 Å². The van der Waals surface area contributed by atoms with Gasteiger partial charge >= 0.3 is 0 Å². The summed E-state index contributed by atoms with van der Waals surface area (Å²) in [4.78, 5) is 4.47. The Morgan fingerprint density at radius 3 is 2.32 bits per heavy atom. The lowest BCUT2D eigenvalue weighted by molar-refractivity contribution is 0.354. The van der Waals surface area contributed by atoms with E-state index in [1.54, 1.807) is 21.3 Å².